The van der Waals surface area contributed by atoms with E-state index in [0.717, 1.165) is 38.5 Å². The number of hydrogen-bond donors (Lipinski definition) is 1. The largest absolute Gasteiger partial charge is 0.360 e. The van der Waals surface area contributed by atoms with E-state index in [2.05, 4.69) is 52.9 Å². The minimum absolute atomic E-state index is 0.0247. The van der Waals surface area contributed by atoms with E-state index in [0.29, 0.717) is 29.3 Å². The van der Waals surface area contributed by atoms with Crippen LogP contribution in [0.2, 0.25) is 0 Å². The van der Waals surface area contributed by atoms with Gasteiger partial charge in [-0.3, -0.25) is 14.5 Å². The number of carbonyl (C=O) groups is 2. The number of rotatable bonds is 3. The van der Waals surface area contributed by atoms with Gasteiger partial charge in [0.05, 0.1) is 0 Å². The van der Waals surface area contributed by atoms with Gasteiger partial charge in [0, 0.05) is 42.6 Å². The molecule has 0 radical (unpaired) electrons. The first-order valence-corrected chi connectivity index (χ1v) is 13.4. The number of piperidine rings is 1. The average Bonchev–Trinajstić information content (AvgIpc) is 3.07. The molecule has 0 aromatic carbocycles. The highest BCUT2D eigenvalue weighted by Crippen LogP contribution is 2.66. The summed E-state index contributed by atoms with van der Waals surface area (Å²) >= 11 is 5.67. The summed E-state index contributed by atoms with van der Waals surface area (Å²) in [7, 11) is 1.96. The Balaban J connectivity index is 1.60. The van der Waals surface area contributed by atoms with Crippen LogP contribution in [0.15, 0.2) is 11.8 Å². The molecule has 1 heterocycles. The van der Waals surface area contributed by atoms with Crippen molar-refractivity contribution in [2.24, 2.45) is 34.5 Å². The fourth-order valence-corrected chi connectivity index (χ4v) is 8.60. The maximum Gasteiger partial charge on any atom is 0.232 e. The monoisotopic (exact) mass is 473 g/mol. The van der Waals surface area contributed by atoms with E-state index in [1.165, 1.54) is 5.70 Å². The minimum atomic E-state index is 0.0247. The Hall–Kier alpha value is -1.43. The maximum absolute atomic E-state index is 13.9. The first-order valence-electron chi connectivity index (χ1n) is 13.0. The van der Waals surface area contributed by atoms with Gasteiger partial charge in [-0.25, -0.2) is 0 Å². The fourth-order valence-electron chi connectivity index (χ4n) is 8.06. The van der Waals surface area contributed by atoms with Gasteiger partial charge >= 0.3 is 0 Å². The Labute approximate surface area is 205 Å². The summed E-state index contributed by atoms with van der Waals surface area (Å²) in [5.74, 6) is 2.27. The van der Waals surface area contributed by atoms with Crippen molar-refractivity contribution in [1.29, 1.82) is 0 Å². The topological polar surface area (TPSA) is 52.7 Å². The predicted octanol–water partition coefficient (Wildman–Crippen LogP) is 5.11. The van der Waals surface area contributed by atoms with Crippen LogP contribution >= 0.6 is 12.2 Å². The fraction of sp³-hybridized carbons (Fsp3) is 0.815. The zero-order valence-corrected chi connectivity index (χ0v) is 22.4. The number of nitrogens with one attached hydrogen (secondary N) is 1. The summed E-state index contributed by atoms with van der Waals surface area (Å²) in [5, 5.41) is 3.87. The third-order valence-electron chi connectivity index (χ3n) is 9.70. The molecule has 1 N–H and O–H groups in total. The van der Waals surface area contributed by atoms with E-state index in [-0.39, 0.29) is 40.6 Å². The van der Waals surface area contributed by atoms with Crippen LogP contribution in [0, 0.1) is 34.5 Å². The lowest BCUT2D eigenvalue weighted by molar-refractivity contribution is -0.142. The van der Waals surface area contributed by atoms with Crippen molar-refractivity contribution in [3.63, 3.8) is 0 Å². The molecule has 3 fully saturated rings. The highest BCUT2D eigenvalue weighted by atomic mass is 32.1. The van der Waals surface area contributed by atoms with Gasteiger partial charge < -0.3 is 10.2 Å². The quantitative estimate of drug-likeness (QED) is 0.579. The van der Waals surface area contributed by atoms with Crippen molar-refractivity contribution in [3.05, 3.63) is 11.8 Å². The summed E-state index contributed by atoms with van der Waals surface area (Å²) in [5.41, 5.74) is 1.36. The second-order valence-corrected chi connectivity index (χ2v) is 12.5. The minimum Gasteiger partial charge on any atom is -0.360 e. The number of nitrogens with zero attached hydrogens (tertiary/aromatic N) is 2. The van der Waals surface area contributed by atoms with Crippen LogP contribution in [0.5, 0.6) is 0 Å². The van der Waals surface area contributed by atoms with Crippen molar-refractivity contribution < 1.29 is 9.59 Å². The lowest BCUT2D eigenvalue weighted by atomic mass is 9.49. The summed E-state index contributed by atoms with van der Waals surface area (Å²) in [6, 6.07) is 0.253. The van der Waals surface area contributed by atoms with Gasteiger partial charge in [0.25, 0.3) is 0 Å². The molecule has 33 heavy (non-hydrogen) atoms. The molecule has 1 saturated heterocycles. The highest BCUT2D eigenvalue weighted by molar-refractivity contribution is 7.80. The Kier molecular flexibility index (Phi) is 6.48. The van der Waals surface area contributed by atoms with E-state index >= 15 is 0 Å². The molecule has 6 atom stereocenters. The van der Waals surface area contributed by atoms with Crippen molar-refractivity contribution in [1.82, 2.24) is 15.1 Å². The average molecular weight is 474 g/mol. The van der Waals surface area contributed by atoms with Crippen LogP contribution in [-0.2, 0) is 9.59 Å². The number of amides is 2. The molecule has 5 nitrogen and oxygen atoms in total. The maximum atomic E-state index is 13.9. The summed E-state index contributed by atoms with van der Waals surface area (Å²) in [6.07, 6.45) is 9.34. The molecule has 2 saturated carbocycles. The Bertz CT molecular complexity index is 867. The van der Waals surface area contributed by atoms with Crippen LogP contribution in [0.25, 0.3) is 0 Å². The van der Waals surface area contributed by atoms with E-state index in [1.807, 2.05) is 16.8 Å². The molecule has 6 heteroatoms. The number of thiocarbonyl (C=S) groups is 1. The zero-order chi connectivity index (χ0) is 24.3. The summed E-state index contributed by atoms with van der Waals surface area (Å²) in [6.45, 7) is 13.0. The molecule has 4 unspecified atom stereocenters. The van der Waals surface area contributed by atoms with Gasteiger partial charge in [0.2, 0.25) is 11.8 Å². The van der Waals surface area contributed by atoms with Crippen molar-refractivity contribution in [3.8, 4) is 0 Å². The molecule has 184 valence electrons. The SMILES string of the molecule is CC(C)NC(=S)N(C(=O)C1CCC2C3CC=C4N(C)C(=O)CC[C@]4(C)C3CC[C@]12C)C(C)C. The van der Waals surface area contributed by atoms with Crippen molar-refractivity contribution in [2.75, 3.05) is 7.05 Å². The Morgan fingerprint density at radius 3 is 2.48 bits per heavy atom. The van der Waals surface area contributed by atoms with Crippen LogP contribution in [0.3, 0.4) is 0 Å². The molecule has 0 aromatic rings. The van der Waals surface area contributed by atoms with Crippen molar-refractivity contribution in [2.45, 2.75) is 98.6 Å². The number of carbonyl (C=O) groups excluding carboxylic acids is 2. The lowest BCUT2D eigenvalue weighted by Crippen LogP contribution is -2.56. The van der Waals surface area contributed by atoms with Gasteiger partial charge in [-0.1, -0.05) is 19.9 Å². The van der Waals surface area contributed by atoms with E-state index in [9.17, 15) is 9.59 Å². The predicted molar refractivity (Wildman–Crippen MR) is 136 cm³/mol. The third kappa shape index (κ3) is 3.84. The third-order valence-corrected chi connectivity index (χ3v) is 10.0. The molecule has 1 aliphatic heterocycles. The second-order valence-electron chi connectivity index (χ2n) is 12.2. The van der Waals surface area contributed by atoms with Crippen LogP contribution in [0.1, 0.15) is 86.5 Å². The molecule has 0 spiro atoms. The van der Waals surface area contributed by atoms with Crippen LogP contribution in [0.4, 0.5) is 0 Å². The summed E-state index contributed by atoms with van der Waals surface area (Å²) < 4.78 is 0. The number of likely N-dealkylation sites (tertiary alicyclic amines) is 1. The van der Waals surface area contributed by atoms with Crippen LogP contribution in [-0.4, -0.2) is 45.9 Å². The molecular formula is C27H43N3O2S. The van der Waals surface area contributed by atoms with Gasteiger partial charge in [0.15, 0.2) is 5.11 Å². The molecule has 3 aliphatic carbocycles. The summed E-state index contributed by atoms with van der Waals surface area (Å²) in [4.78, 5) is 30.1. The normalized spacial score (nSPS) is 37.9. The Morgan fingerprint density at radius 1 is 1.15 bits per heavy atom. The molecule has 4 rings (SSSR count). The number of hydrogen-bond acceptors (Lipinski definition) is 3. The molecule has 4 aliphatic rings. The lowest BCUT2D eigenvalue weighted by Gasteiger charge is -2.58. The zero-order valence-electron chi connectivity index (χ0n) is 21.6. The molecule has 2 amide bonds. The smallest absolute Gasteiger partial charge is 0.232 e. The molecular weight excluding hydrogens is 430 g/mol. The van der Waals surface area contributed by atoms with Gasteiger partial charge in [-0.05, 0) is 102 Å². The molecule has 0 bridgehead atoms. The highest BCUT2D eigenvalue weighted by Gasteiger charge is 2.61. The number of fused-ring (bicyclic) bond motifs is 5. The van der Waals surface area contributed by atoms with Crippen molar-refractivity contribution >= 4 is 29.1 Å². The van der Waals surface area contributed by atoms with Gasteiger partial charge in [-0.2, -0.15) is 0 Å². The van der Waals surface area contributed by atoms with Crippen LogP contribution < -0.4 is 5.32 Å². The molecule has 0 aromatic heterocycles. The van der Waals surface area contributed by atoms with E-state index in [1.54, 1.807) is 0 Å². The van der Waals surface area contributed by atoms with Gasteiger partial charge in [0.1, 0.15) is 0 Å². The first-order chi connectivity index (χ1) is 15.4. The van der Waals surface area contributed by atoms with E-state index < -0.39 is 0 Å². The number of allylic oxidation sites excluding steroid dienone is 2. The standard InChI is InChI=1S/C27H43N3O2S/c1-16(2)28-25(33)30(17(3)4)24(32)21-10-9-19-18-8-11-22-27(6,15-13-23(31)29(22)7)20(18)12-14-26(19,21)5/h11,16-21H,8-10,12-15H2,1-7H3,(H,28,33)/t18?,19?,20?,21?,26-,27+/m0/s1. The second kappa shape index (κ2) is 8.66. The first kappa shape index (κ1) is 24.7. The van der Waals surface area contributed by atoms with E-state index in [4.69, 9.17) is 12.2 Å². The Morgan fingerprint density at radius 2 is 1.85 bits per heavy atom. The van der Waals surface area contributed by atoms with Gasteiger partial charge in [-0.15, -0.1) is 0 Å².